The van der Waals surface area contributed by atoms with Crippen LogP contribution in [-0.2, 0) is 6.54 Å². The van der Waals surface area contributed by atoms with Crippen molar-refractivity contribution < 1.29 is 9.66 Å². The number of non-ortho nitro benzene ring substituents is 1. The third kappa shape index (κ3) is 2.75. The third-order valence-electron chi connectivity index (χ3n) is 2.31. The maximum Gasteiger partial charge on any atom is 0.273 e. The lowest BCUT2D eigenvalue weighted by molar-refractivity contribution is -0.384. The first-order valence-corrected chi connectivity index (χ1v) is 6.03. The van der Waals surface area contributed by atoms with Gasteiger partial charge in [-0.2, -0.15) is 0 Å². The lowest BCUT2D eigenvalue weighted by atomic mass is 10.2. The average Bonchev–Trinajstić information content (AvgIpc) is 2.89. The van der Waals surface area contributed by atoms with Crippen LogP contribution < -0.4 is 10.1 Å². The molecule has 0 atom stereocenters. The van der Waals surface area contributed by atoms with Gasteiger partial charge in [-0.3, -0.25) is 10.1 Å². The van der Waals surface area contributed by atoms with Crippen LogP contribution in [0, 0.1) is 10.1 Å². The number of thiazole rings is 1. The van der Waals surface area contributed by atoms with E-state index in [0.717, 1.165) is 5.01 Å². The molecule has 1 N–H and O–H groups in total. The number of nitro groups is 1. The van der Waals surface area contributed by atoms with Gasteiger partial charge in [0.2, 0.25) is 0 Å². The summed E-state index contributed by atoms with van der Waals surface area (Å²) in [5.41, 5.74) is 0.713. The van der Waals surface area contributed by atoms with Crippen molar-refractivity contribution in [2.75, 3.05) is 12.4 Å². The number of hydrogen-bond donors (Lipinski definition) is 1. The van der Waals surface area contributed by atoms with Crippen molar-refractivity contribution in [3.05, 3.63) is 44.9 Å². The lowest BCUT2D eigenvalue weighted by Crippen LogP contribution is -2.01. The van der Waals surface area contributed by atoms with E-state index in [2.05, 4.69) is 10.3 Å². The van der Waals surface area contributed by atoms with E-state index in [-0.39, 0.29) is 5.69 Å². The van der Waals surface area contributed by atoms with Gasteiger partial charge in [-0.15, -0.1) is 11.3 Å². The number of anilines is 1. The second-order valence-electron chi connectivity index (χ2n) is 3.42. The Labute approximate surface area is 107 Å². The molecule has 0 saturated carbocycles. The van der Waals surface area contributed by atoms with Crippen molar-refractivity contribution in [1.29, 1.82) is 0 Å². The van der Waals surface area contributed by atoms with Crippen LogP contribution in [0.4, 0.5) is 11.4 Å². The number of aromatic nitrogens is 1. The van der Waals surface area contributed by atoms with Crippen molar-refractivity contribution in [2.45, 2.75) is 6.54 Å². The highest BCUT2D eigenvalue weighted by atomic mass is 32.1. The van der Waals surface area contributed by atoms with Gasteiger partial charge in [0.25, 0.3) is 5.69 Å². The molecule has 6 nitrogen and oxygen atoms in total. The van der Waals surface area contributed by atoms with Crippen LogP contribution in [0.15, 0.2) is 29.8 Å². The van der Waals surface area contributed by atoms with Crippen molar-refractivity contribution in [3.63, 3.8) is 0 Å². The molecule has 0 aliphatic heterocycles. The molecule has 0 saturated heterocycles. The number of methoxy groups -OCH3 is 1. The van der Waals surface area contributed by atoms with E-state index in [4.69, 9.17) is 4.74 Å². The first-order valence-electron chi connectivity index (χ1n) is 5.15. The van der Waals surface area contributed by atoms with E-state index in [1.165, 1.54) is 19.2 Å². The highest BCUT2D eigenvalue weighted by Crippen LogP contribution is 2.29. The van der Waals surface area contributed by atoms with Crippen molar-refractivity contribution in [3.8, 4) is 5.75 Å². The molecule has 0 bridgehead atoms. The highest BCUT2D eigenvalue weighted by molar-refractivity contribution is 7.09. The molecule has 1 heterocycles. The molecule has 0 unspecified atom stereocenters. The standard InChI is InChI=1S/C11H11N3O3S/c1-17-10-6-8(14(15)16)2-3-9(10)13-7-11-12-4-5-18-11/h2-6,13H,7H2,1H3. The molecule has 0 fully saturated rings. The quantitative estimate of drug-likeness (QED) is 0.664. The predicted molar refractivity (Wildman–Crippen MR) is 69.1 cm³/mol. The fourth-order valence-corrected chi connectivity index (χ4v) is 2.01. The Bertz CT molecular complexity index is 542. The number of rotatable bonds is 5. The summed E-state index contributed by atoms with van der Waals surface area (Å²) in [5, 5.41) is 16.6. The number of nitro benzene ring substituents is 1. The minimum Gasteiger partial charge on any atom is -0.494 e. The topological polar surface area (TPSA) is 77.3 Å². The van der Waals surface area contributed by atoms with Crippen molar-refractivity contribution >= 4 is 22.7 Å². The third-order valence-corrected chi connectivity index (χ3v) is 3.09. The molecule has 2 rings (SSSR count). The van der Waals surface area contributed by atoms with E-state index in [9.17, 15) is 10.1 Å². The minimum atomic E-state index is -0.451. The van der Waals surface area contributed by atoms with Crippen LogP contribution in [0.2, 0.25) is 0 Å². The molecule has 1 aromatic heterocycles. The lowest BCUT2D eigenvalue weighted by Gasteiger charge is -2.09. The van der Waals surface area contributed by atoms with Crippen molar-refractivity contribution in [2.24, 2.45) is 0 Å². The SMILES string of the molecule is COc1cc([N+](=O)[O-])ccc1NCc1nccs1. The zero-order valence-electron chi connectivity index (χ0n) is 9.62. The van der Waals surface area contributed by atoms with Gasteiger partial charge in [0.05, 0.1) is 30.3 Å². The van der Waals surface area contributed by atoms with Crippen LogP contribution in [0.5, 0.6) is 5.75 Å². The van der Waals surface area contributed by atoms with E-state index in [1.54, 1.807) is 23.6 Å². The Morgan fingerprint density at radius 1 is 1.56 bits per heavy atom. The van der Waals surface area contributed by atoms with E-state index in [0.29, 0.717) is 18.0 Å². The zero-order valence-corrected chi connectivity index (χ0v) is 10.4. The van der Waals surface area contributed by atoms with Crippen LogP contribution in [0.25, 0.3) is 0 Å². The smallest absolute Gasteiger partial charge is 0.273 e. The van der Waals surface area contributed by atoms with Gasteiger partial charge >= 0.3 is 0 Å². The van der Waals surface area contributed by atoms with Crippen LogP contribution in [0.1, 0.15) is 5.01 Å². The summed E-state index contributed by atoms with van der Waals surface area (Å²) >= 11 is 1.54. The maximum atomic E-state index is 10.6. The summed E-state index contributed by atoms with van der Waals surface area (Å²) in [6, 6.07) is 4.46. The molecule has 0 radical (unpaired) electrons. The van der Waals surface area contributed by atoms with Gasteiger partial charge in [-0.05, 0) is 6.07 Å². The first kappa shape index (κ1) is 12.3. The van der Waals surface area contributed by atoms with Crippen LogP contribution in [0.3, 0.4) is 0 Å². The summed E-state index contributed by atoms with van der Waals surface area (Å²) in [5.74, 6) is 0.445. The molecule has 0 amide bonds. The molecule has 94 valence electrons. The monoisotopic (exact) mass is 265 g/mol. The van der Waals surface area contributed by atoms with Gasteiger partial charge in [0, 0.05) is 17.6 Å². The Kier molecular flexibility index (Phi) is 3.73. The summed E-state index contributed by atoms with van der Waals surface area (Å²) in [6.45, 7) is 0.561. The van der Waals surface area contributed by atoms with Gasteiger partial charge in [0.1, 0.15) is 10.8 Å². The molecule has 7 heteroatoms. The maximum absolute atomic E-state index is 10.6. The Balaban J connectivity index is 2.14. The van der Waals surface area contributed by atoms with Gasteiger partial charge < -0.3 is 10.1 Å². The fourth-order valence-electron chi connectivity index (χ4n) is 1.45. The minimum absolute atomic E-state index is 0.00616. The van der Waals surface area contributed by atoms with E-state index >= 15 is 0 Å². The number of nitrogens with zero attached hydrogens (tertiary/aromatic N) is 2. The number of ether oxygens (including phenoxy) is 1. The largest absolute Gasteiger partial charge is 0.494 e. The second kappa shape index (κ2) is 5.46. The summed E-state index contributed by atoms with van der Waals surface area (Å²) < 4.78 is 5.12. The summed E-state index contributed by atoms with van der Waals surface area (Å²) in [6.07, 6.45) is 1.73. The van der Waals surface area contributed by atoms with Crippen LogP contribution >= 0.6 is 11.3 Å². The average molecular weight is 265 g/mol. The Hall–Kier alpha value is -2.15. The second-order valence-corrected chi connectivity index (χ2v) is 4.40. The zero-order chi connectivity index (χ0) is 13.0. The number of nitrogens with one attached hydrogen (secondary N) is 1. The predicted octanol–water partition coefficient (Wildman–Crippen LogP) is 2.67. The van der Waals surface area contributed by atoms with Crippen LogP contribution in [-0.4, -0.2) is 17.0 Å². The summed E-state index contributed by atoms with van der Waals surface area (Å²) in [7, 11) is 1.48. The normalized spacial score (nSPS) is 10.1. The van der Waals surface area contributed by atoms with E-state index in [1.807, 2.05) is 5.38 Å². The molecule has 0 aliphatic carbocycles. The summed E-state index contributed by atoms with van der Waals surface area (Å²) in [4.78, 5) is 14.3. The molecule has 0 spiro atoms. The molecule has 1 aromatic carbocycles. The molecule has 2 aromatic rings. The highest BCUT2D eigenvalue weighted by Gasteiger charge is 2.11. The van der Waals surface area contributed by atoms with Crippen molar-refractivity contribution in [1.82, 2.24) is 4.98 Å². The van der Waals surface area contributed by atoms with Gasteiger partial charge in [-0.1, -0.05) is 0 Å². The van der Waals surface area contributed by atoms with Gasteiger partial charge in [-0.25, -0.2) is 4.98 Å². The Morgan fingerprint density at radius 2 is 2.39 bits per heavy atom. The fraction of sp³-hybridized carbons (Fsp3) is 0.182. The molecular formula is C11H11N3O3S. The first-order chi connectivity index (χ1) is 8.70. The molecular weight excluding hydrogens is 254 g/mol. The molecule has 18 heavy (non-hydrogen) atoms. The molecule has 0 aliphatic rings. The Morgan fingerprint density at radius 3 is 3.00 bits per heavy atom. The van der Waals surface area contributed by atoms with E-state index < -0.39 is 4.92 Å². The van der Waals surface area contributed by atoms with Gasteiger partial charge in [0.15, 0.2) is 0 Å². The number of benzene rings is 1. The number of hydrogen-bond acceptors (Lipinski definition) is 6.